The minimum Gasteiger partial charge on any atom is -0.344 e. The average molecular weight is 296 g/mol. The van der Waals surface area contributed by atoms with Gasteiger partial charge in [0.25, 0.3) is 0 Å². The van der Waals surface area contributed by atoms with Crippen molar-refractivity contribution in [2.24, 2.45) is 0 Å². The lowest BCUT2D eigenvalue weighted by Crippen LogP contribution is -2.21. The molecule has 1 aromatic carbocycles. The number of nitrogens with zero attached hydrogens (tertiary/aromatic N) is 2. The average Bonchev–Trinajstić information content (AvgIpc) is 2.87. The zero-order valence-electron chi connectivity index (χ0n) is 11.4. The Morgan fingerprint density at radius 1 is 1.37 bits per heavy atom. The third-order valence-electron chi connectivity index (χ3n) is 3.13. The van der Waals surface area contributed by atoms with Gasteiger partial charge in [-0.15, -0.1) is 11.3 Å². The molecule has 0 aliphatic rings. The lowest BCUT2D eigenvalue weighted by atomic mass is 10.1. The molecule has 0 aliphatic carbocycles. The van der Waals surface area contributed by atoms with Crippen molar-refractivity contribution in [2.75, 3.05) is 19.0 Å². The van der Waals surface area contributed by atoms with E-state index in [1.807, 2.05) is 19.2 Å². The molecular formula is C14H18ClN3S. The molecule has 0 bridgehead atoms. The number of benzene rings is 1. The number of rotatable bonds is 5. The summed E-state index contributed by atoms with van der Waals surface area (Å²) in [6, 6.07) is 8.24. The Kier molecular flexibility index (Phi) is 4.80. The van der Waals surface area contributed by atoms with Crippen LogP contribution in [0.5, 0.6) is 0 Å². The van der Waals surface area contributed by atoms with Crippen LogP contribution in [0.3, 0.4) is 0 Å². The Morgan fingerprint density at radius 2 is 2.05 bits per heavy atom. The van der Waals surface area contributed by atoms with Crippen LogP contribution in [0.15, 0.2) is 29.6 Å². The van der Waals surface area contributed by atoms with Gasteiger partial charge in [0.05, 0.1) is 11.7 Å². The highest BCUT2D eigenvalue weighted by molar-refractivity contribution is 7.13. The summed E-state index contributed by atoms with van der Waals surface area (Å²) >= 11 is 7.59. The highest BCUT2D eigenvalue weighted by atomic mass is 35.5. The van der Waals surface area contributed by atoms with Gasteiger partial charge in [-0.1, -0.05) is 23.7 Å². The Labute approximate surface area is 123 Å². The van der Waals surface area contributed by atoms with E-state index in [0.29, 0.717) is 0 Å². The van der Waals surface area contributed by atoms with E-state index in [1.54, 1.807) is 11.3 Å². The smallest absolute Gasteiger partial charge is 0.185 e. The van der Waals surface area contributed by atoms with Crippen LogP contribution in [0, 0.1) is 0 Å². The number of hydrogen-bond acceptors (Lipinski definition) is 4. The number of hydrogen-bond donors (Lipinski definition) is 1. The third kappa shape index (κ3) is 3.47. The fraction of sp³-hybridized carbons (Fsp3) is 0.357. The van der Waals surface area contributed by atoms with Crippen LogP contribution in [0.2, 0.25) is 5.02 Å². The van der Waals surface area contributed by atoms with E-state index in [0.717, 1.165) is 22.4 Å². The number of anilines is 1. The van der Waals surface area contributed by atoms with Crippen LogP contribution in [0.4, 0.5) is 5.13 Å². The second kappa shape index (κ2) is 6.37. The van der Waals surface area contributed by atoms with Crippen molar-refractivity contribution < 1.29 is 0 Å². The maximum atomic E-state index is 5.92. The van der Waals surface area contributed by atoms with Crippen LogP contribution in [0.1, 0.15) is 24.2 Å². The van der Waals surface area contributed by atoms with E-state index in [-0.39, 0.29) is 6.04 Å². The summed E-state index contributed by atoms with van der Waals surface area (Å²) in [6.07, 6.45) is 0. The van der Waals surface area contributed by atoms with Crippen molar-refractivity contribution in [1.82, 2.24) is 10.3 Å². The van der Waals surface area contributed by atoms with Crippen LogP contribution in [0.25, 0.3) is 0 Å². The molecule has 102 valence electrons. The first-order chi connectivity index (χ1) is 9.11. The Morgan fingerprint density at radius 3 is 2.68 bits per heavy atom. The minimum absolute atomic E-state index is 0.269. The summed E-state index contributed by atoms with van der Waals surface area (Å²) in [5.74, 6) is 0. The van der Waals surface area contributed by atoms with Gasteiger partial charge >= 0.3 is 0 Å². The second-order valence-corrected chi connectivity index (χ2v) is 5.76. The van der Waals surface area contributed by atoms with Crippen molar-refractivity contribution >= 4 is 28.1 Å². The monoisotopic (exact) mass is 295 g/mol. The molecular weight excluding hydrogens is 278 g/mol. The van der Waals surface area contributed by atoms with E-state index in [9.17, 15) is 0 Å². The van der Waals surface area contributed by atoms with Gasteiger partial charge in [-0.25, -0.2) is 4.98 Å². The zero-order chi connectivity index (χ0) is 13.8. The molecule has 5 heteroatoms. The third-order valence-corrected chi connectivity index (χ3v) is 4.36. The first-order valence-electron chi connectivity index (χ1n) is 6.19. The highest BCUT2D eigenvalue weighted by Crippen LogP contribution is 2.28. The molecule has 1 N–H and O–H groups in total. The van der Waals surface area contributed by atoms with Gasteiger partial charge in [0.15, 0.2) is 5.13 Å². The molecule has 19 heavy (non-hydrogen) atoms. The lowest BCUT2D eigenvalue weighted by Gasteiger charge is -2.24. The molecule has 0 aliphatic heterocycles. The summed E-state index contributed by atoms with van der Waals surface area (Å²) in [7, 11) is 4.00. The van der Waals surface area contributed by atoms with Gasteiger partial charge in [0.2, 0.25) is 0 Å². The number of halogens is 1. The fourth-order valence-corrected chi connectivity index (χ4v) is 2.85. The van der Waals surface area contributed by atoms with Crippen molar-refractivity contribution in [3.8, 4) is 0 Å². The van der Waals surface area contributed by atoms with E-state index in [2.05, 4.69) is 46.7 Å². The highest BCUT2D eigenvalue weighted by Gasteiger charge is 2.15. The first kappa shape index (κ1) is 14.3. The zero-order valence-corrected chi connectivity index (χ0v) is 12.9. The molecule has 0 spiro atoms. The van der Waals surface area contributed by atoms with Gasteiger partial charge < -0.3 is 10.2 Å². The number of aromatic nitrogens is 1. The summed E-state index contributed by atoms with van der Waals surface area (Å²) in [4.78, 5) is 6.81. The first-order valence-corrected chi connectivity index (χ1v) is 7.45. The van der Waals surface area contributed by atoms with E-state index in [1.165, 1.54) is 5.56 Å². The molecule has 2 aromatic rings. The van der Waals surface area contributed by atoms with Crippen molar-refractivity contribution in [3.63, 3.8) is 0 Å². The van der Waals surface area contributed by atoms with Crippen LogP contribution >= 0.6 is 22.9 Å². The van der Waals surface area contributed by atoms with E-state index >= 15 is 0 Å². The Hall–Kier alpha value is -1.10. The van der Waals surface area contributed by atoms with Gasteiger partial charge in [0.1, 0.15) is 0 Å². The van der Waals surface area contributed by atoms with Gasteiger partial charge in [0, 0.05) is 24.0 Å². The molecule has 0 fully saturated rings. The topological polar surface area (TPSA) is 28.2 Å². The molecule has 0 saturated heterocycles. The van der Waals surface area contributed by atoms with Crippen molar-refractivity contribution in [3.05, 3.63) is 45.9 Å². The molecule has 1 atom stereocenters. The molecule has 1 unspecified atom stereocenters. The molecule has 0 amide bonds. The molecule has 0 saturated carbocycles. The minimum atomic E-state index is 0.269. The normalized spacial score (nSPS) is 12.4. The molecule has 1 heterocycles. The Bertz CT molecular complexity index is 524. The van der Waals surface area contributed by atoms with Gasteiger partial charge in [-0.2, -0.15) is 0 Å². The fourth-order valence-electron chi connectivity index (χ4n) is 1.85. The lowest BCUT2D eigenvalue weighted by molar-refractivity contribution is 0.730. The molecule has 2 rings (SSSR count). The van der Waals surface area contributed by atoms with Crippen LogP contribution in [-0.4, -0.2) is 19.1 Å². The summed E-state index contributed by atoms with van der Waals surface area (Å²) in [5.41, 5.74) is 2.31. The summed E-state index contributed by atoms with van der Waals surface area (Å²) in [5, 5.41) is 7.01. The van der Waals surface area contributed by atoms with Crippen LogP contribution < -0.4 is 10.2 Å². The predicted octanol–water partition coefficient (Wildman–Crippen LogP) is 3.71. The molecule has 3 nitrogen and oxygen atoms in total. The molecule has 1 aromatic heterocycles. The van der Waals surface area contributed by atoms with Crippen molar-refractivity contribution in [1.29, 1.82) is 0 Å². The summed E-state index contributed by atoms with van der Waals surface area (Å²) < 4.78 is 0. The van der Waals surface area contributed by atoms with Crippen LogP contribution in [-0.2, 0) is 6.54 Å². The standard InChI is InChI=1S/C14H18ClN3S/c1-10(11-4-6-12(15)7-5-11)18(3)14-17-13(8-16-2)9-19-14/h4-7,9-10,16H,8H2,1-3H3. The van der Waals surface area contributed by atoms with Crippen molar-refractivity contribution in [2.45, 2.75) is 19.5 Å². The maximum absolute atomic E-state index is 5.92. The van der Waals surface area contributed by atoms with Gasteiger partial charge in [-0.3, -0.25) is 0 Å². The SMILES string of the molecule is CNCc1csc(N(C)C(C)c2ccc(Cl)cc2)n1. The van der Waals surface area contributed by atoms with Gasteiger partial charge in [-0.05, 0) is 31.7 Å². The number of thiazole rings is 1. The Balaban J connectivity index is 2.13. The largest absolute Gasteiger partial charge is 0.344 e. The molecule has 0 radical (unpaired) electrons. The predicted molar refractivity (Wildman–Crippen MR) is 83.1 cm³/mol. The maximum Gasteiger partial charge on any atom is 0.185 e. The van der Waals surface area contributed by atoms with E-state index in [4.69, 9.17) is 11.6 Å². The second-order valence-electron chi connectivity index (χ2n) is 4.49. The summed E-state index contributed by atoms with van der Waals surface area (Å²) in [6.45, 7) is 2.97. The number of nitrogens with one attached hydrogen (secondary N) is 1. The quantitative estimate of drug-likeness (QED) is 0.911. The van der Waals surface area contributed by atoms with E-state index < -0.39 is 0 Å².